The first-order valence-corrected chi connectivity index (χ1v) is 17.2. The fourth-order valence-corrected chi connectivity index (χ4v) is 8.28. The van der Waals surface area contributed by atoms with Crippen molar-refractivity contribution in [2.45, 2.75) is 44.1 Å². The Labute approximate surface area is 283 Å². The molecule has 2 atom stereocenters. The van der Waals surface area contributed by atoms with Crippen LogP contribution in [0.1, 0.15) is 76.7 Å². The van der Waals surface area contributed by atoms with Crippen LogP contribution in [0.25, 0.3) is 28.0 Å². The third-order valence-electron chi connectivity index (χ3n) is 10.8. The molecule has 0 bridgehead atoms. The lowest BCUT2D eigenvalue weighted by atomic mass is 9.78. The highest BCUT2D eigenvalue weighted by Gasteiger charge is 2.37. The van der Waals surface area contributed by atoms with Crippen molar-refractivity contribution in [3.63, 3.8) is 0 Å². The summed E-state index contributed by atoms with van der Waals surface area (Å²) in [6.45, 7) is 4.78. The maximum absolute atomic E-state index is 5.17. The number of nitrogens with zero attached hydrogens (tertiary/aromatic N) is 1. The fourth-order valence-electron chi connectivity index (χ4n) is 8.28. The van der Waals surface area contributed by atoms with Gasteiger partial charge < -0.3 is 5.32 Å². The second-order valence-electron chi connectivity index (χ2n) is 13.9. The minimum Gasteiger partial charge on any atom is -0.340 e. The number of fused-ring (bicyclic) bond motifs is 6. The van der Waals surface area contributed by atoms with Crippen LogP contribution in [0.15, 0.2) is 157 Å². The lowest BCUT2D eigenvalue weighted by molar-refractivity contribution is 0.655. The Balaban J connectivity index is 1.17. The van der Waals surface area contributed by atoms with E-state index in [2.05, 4.69) is 171 Å². The van der Waals surface area contributed by atoms with Gasteiger partial charge in [-0.3, -0.25) is 4.99 Å². The largest absolute Gasteiger partial charge is 0.340 e. The molecule has 0 fully saturated rings. The molecule has 1 aliphatic heterocycles. The Morgan fingerprint density at radius 2 is 1.27 bits per heavy atom. The molecule has 0 radical (unpaired) electrons. The van der Waals surface area contributed by atoms with Gasteiger partial charge >= 0.3 is 0 Å². The van der Waals surface area contributed by atoms with Gasteiger partial charge in [-0.25, -0.2) is 0 Å². The van der Waals surface area contributed by atoms with Crippen molar-refractivity contribution in [2.75, 3.05) is 0 Å². The van der Waals surface area contributed by atoms with Crippen molar-refractivity contribution in [3.05, 3.63) is 196 Å². The first-order valence-electron chi connectivity index (χ1n) is 17.2. The summed E-state index contributed by atoms with van der Waals surface area (Å²) in [6, 6.07) is 53.4. The normalized spacial score (nSPS) is 18.6. The number of hydrogen-bond donors (Lipinski definition) is 1. The number of aryl methyl sites for hydroxylation is 1. The summed E-state index contributed by atoms with van der Waals surface area (Å²) in [4.78, 5) is 5.17. The molecule has 0 saturated carbocycles. The summed E-state index contributed by atoms with van der Waals surface area (Å²) >= 11 is 0. The first kappa shape index (κ1) is 28.7. The number of aliphatic imine (C=N–C) groups is 1. The predicted octanol–water partition coefficient (Wildman–Crippen LogP) is 10.9. The molecule has 0 spiro atoms. The van der Waals surface area contributed by atoms with Crippen molar-refractivity contribution in [3.8, 4) is 22.3 Å². The average molecular weight is 619 g/mol. The molecule has 0 amide bonds. The summed E-state index contributed by atoms with van der Waals surface area (Å²) in [5, 5.41) is 3.73. The van der Waals surface area contributed by atoms with Crippen LogP contribution >= 0.6 is 0 Å². The number of rotatable bonds is 4. The van der Waals surface area contributed by atoms with Gasteiger partial charge in [0.25, 0.3) is 0 Å². The summed E-state index contributed by atoms with van der Waals surface area (Å²) in [5.41, 5.74) is 17.1. The third kappa shape index (κ3) is 4.75. The quantitative estimate of drug-likeness (QED) is 0.209. The summed E-state index contributed by atoms with van der Waals surface area (Å²) < 4.78 is 0. The van der Waals surface area contributed by atoms with Crippen LogP contribution in [-0.4, -0.2) is 5.84 Å². The second kappa shape index (κ2) is 11.3. The molecule has 2 unspecified atom stereocenters. The number of benzene rings is 6. The molecule has 2 aliphatic carbocycles. The Morgan fingerprint density at radius 3 is 2.10 bits per heavy atom. The topological polar surface area (TPSA) is 24.4 Å². The van der Waals surface area contributed by atoms with Crippen LogP contribution in [-0.2, 0) is 11.8 Å². The van der Waals surface area contributed by atoms with Crippen molar-refractivity contribution < 1.29 is 0 Å². The van der Waals surface area contributed by atoms with Crippen molar-refractivity contribution in [2.24, 2.45) is 4.99 Å². The highest BCUT2D eigenvalue weighted by atomic mass is 15.0. The van der Waals surface area contributed by atoms with Gasteiger partial charge in [0.05, 0.1) is 6.04 Å². The molecule has 9 rings (SSSR count). The van der Waals surface area contributed by atoms with Gasteiger partial charge in [-0.15, -0.1) is 0 Å². The Kier molecular flexibility index (Phi) is 6.79. The zero-order chi connectivity index (χ0) is 32.2. The molecule has 6 aromatic carbocycles. The Bertz CT molecular complexity index is 2240. The summed E-state index contributed by atoms with van der Waals surface area (Å²) in [5.74, 6) is 1.17. The van der Waals surface area contributed by atoms with E-state index in [4.69, 9.17) is 4.99 Å². The molecular weight excluding hydrogens is 581 g/mol. The van der Waals surface area contributed by atoms with E-state index in [1.165, 1.54) is 61.2 Å². The molecule has 48 heavy (non-hydrogen) atoms. The van der Waals surface area contributed by atoms with Gasteiger partial charge in [0.15, 0.2) is 0 Å². The van der Waals surface area contributed by atoms with Gasteiger partial charge in [-0.05, 0) is 92.2 Å². The lowest BCUT2D eigenvalue weighted by Gasteiger charge is -2.26. The van der Waals surface area contributed by atoms with E-state index in [1.54, 1.807) is 0 Å². The molecule has 2 heteroatoms. The van der Waals surface area contributed by atoms with Crippen LogP contribution in [0.4, 0.5) is 0 Å². The van der Waals surface area contributed by atoms with Crippen molar-refractivity contribution >= 4 is 11.5 Å². The molecule has 6 aromatic rings. The first-order chi connectivity index (χ1) is 23.5. The van der Waals surface area contributed by atoms with E-state index in [0.29, 0.717) is 0 Å². The Morgan fingerprint density at radius 1 is 0.583 bits per heavy atom. The van der Waals surface area contributed by atoms with Crippen molar-refractivity contribution in [1.29, 1.82) is 0 Å². The molecule has 2 nitrogen and oxygen atoms in total. The van der Waals surface area contributed by atoms with Gasteiger partial charge in [0.2, 0.25) is 0 Å². The van der Waals surface area contributed by atoms with Gasteiger partial charge in [-0.1, -0.05) is 147 Å². The molecule has 1 heterocycles. The molecular formula is C46H38N2. The second-order valence-corrected chi connectivity index (χ2v) is 13.9. The minimum atomic E-state index is -0.0686. The van der Waals surface area contributed by atoms with E-state index in [1.807, 2.05) is 0 Å². The zero-order valence-corrected chi connectivity index (χ0v) is 27.4. The van der Waals surface area contributed by atoms with Crippen LogP contribution in [0.3, 0.4) is 0 Å². The van der Waals surface area contributed by atoms with E-state index in [0.717, 1.165) is 29.9 Å². The van der Waals surface area contributed by atoms with Crippen LogP contribution in [0.2, 0.25) is 0 Å². The van der Waals surface area contributed by atoms with E-state index in [9.17, 15) is 0 Å². The predicted molar refractivity (Wildman–Crippen MR) is 199 cm³/mol. The van der Waals surface area contributed by atoms with Gasteiger partial charge in [0.1, 0.15) is 5.84 Å². The van der Waals surface area contributed by atoms with Gasteiger partial charge in [-0.2, -0.15) is 0 Å². The maximum atomic E-state index is 5.17. The van der Waals surface area contributed by atoms with E-state index < -0.39 is 0 Å². The van der Waals surface area contributed by atoms with Gasteiger partial charge in [0, 0.05) is 22.6 Å². The number of amidine groups is 1. The van der Waals surface area contributed by atoms with E-state index >= 15 is 0 Å². The smallest absolute Gasteiger partial charge is 0.133 e. The molecule has 0 aromatic heterocycles. The lowest BCUT2D eigenvalue weighted by Crippen LogP contribution is -2.27. The van der Waals surface area contributed by atoms with Crippen LogP contribution in [0, 0.1) is 0 Å². The fraction of sp³-hybridized carbons (Fsp3) is 0.152. The highest BCUT2D eigenvalue weighted by molar-refractivity contribution is 6.04. The standard InChI is InChI=1S/C46H38N2/c1-46(2)41-23-12-11-22-37(41)40-27-38-35-21-10-9-14-30(35)24-25-36(39(38)28-42(40)46)33-19-13-20-34(26-33)44-29-43(31-15-5-3-6-16-31)47-45(48-44)32-17-7-4-8-18-32/h3-23,26-29,36,43H,24-25H2,1-2H3,(H,47,48). The monoisotopic (exact) mass is 618 g/mol. The third-order valence-corrected chi connectivity index (χ3v) is 10.8. The number of nitrogens with one attached hydrogen (secondary N) is 1. The molecule has 232 valence electrons. The molecule has 3 aliphatic rings. The number of hydrogen-bond acceptors (Lipinski definition) is 2. The maximum Gasteiger partial charge on any atom is 0.133 e. The molecule has 0 saturated heterocycles. The average Bonchev–Trinajstić information content (AvgIpc) is 3.26. The minimum absolute atomic E-state index is 0.0460. The molecule has 1 N–H and O–H groups in total. The Hall–Kier alpha value is -5.47. The van der Waals surface area contributed by atoms with Crippen LogP contribution in [0.5, 0.6) is 0 Å². The summed E-state index contributed by atoms with van der Waals surface area (Å²) in [6.07, 6.45) is 4.39. The van der Waals surface area contributed by atoms with Crippen molar-refractivity contribution in [1.82, 2.24) is 5.32 Å². The van der Waals surface area contributed by atoms with Crippen LogP contribution < -0.4 is 5.32 Å². The highest BCUT2D eigenvalue weighted by Crippen LogP contribution is 2.53. The van der Waals surface area contributed by atoms with E-state index in [-0.39, 0.29) is 17.4 Å². The summed E-state index contributed by atoms with van der Waals surface area (Å²) in [7, 11) is 0. The zero-order valence-electron chi connectivity index (χ0n) is 27.4. The SMILES string of the molecule is CC1(C)c2ccccc2-c2cc3c(cc21)C(c1cccc(C2=CC(c4ccccc4)N=C(c4ccccc4)N2)c1)CCc1ccccc1-3.